The van der Waals surface area contributed by atoms with Gasteiger partial charge in [-0.05, 0) is 31.0 Å². The Morgan fingerprint density at radius 2 is 1.94 bits per heavy atom. The molecule has 17 heavy (non-hydrogen) atoms. The summed E-state index contributed by atoms with van der Waals surface area (Å²) in [7, 11) is 0. The fourth-order valence-corrected chi connectivity index (χ4v) is 2.57. The molecule has 1 aromatic carbocycles. The lowest BCUT2D eigenvalue weighted by Crippen LogP contribution is -2.04. The number of aromatic hydroxyl groups is 1. The fraction of sp³-hybridized carbons (Fsp3) is 0.357. The van der Waals surface area contributed by atoms with E-state index in [-0.39, 0.29) is 11.2 Å². The first-order valence-corrected chi connectivity index (χ1v) is 6.01. The molecule has 1 aliphatic carbocycles. The van der Waals surface area contributed by atoms with E-state index in [0.29, 0.717) is 16.9 Å². The number of hydrogen-bond donors (Lipinski definition) is 1. The molecule has 2 aromatic rings. The van der Waals surface area contributed by atoms with E-state index >= 15 is 0 Å². The highest BCUT2D eigenvalue weighted by molar-refractivity contribution is 5.78. The second-order valence-corrected chi connectivity index (χ2v) is 4.67. The van der Waals surface area contributed by atoms with Gasteiger partial charge in [0, 0.05) is 12.0 Å². The van der Waals surface area contributed by atoms with Crippen LogP contribution in [0, 0.1) is 0 Å². The molecule has 0 atom stereocenters. The Morgan fingerprint density at radius 1 is 1.18 bits per heavy atom. The number of fused-ring (bicyclic) bond motifs is 1. The molecule has 1 aromatic heterocycles. The van der Waals surface area contributed by atoms with Crippen LogP contribution in [-0.2, 0) is 0 Å². The predicted molar refractivity (Wildman–Crippen MR) is 65.4 cm³/mol. The minimum Gasteiger partial charge on any atom is -0.508 e. The number of benzene rings is 1. The Hall–Kier alpha value is -1.77. The van der Waals surface area contributed by atoms with Gasteiger partial charge in [-0.15, -0.1) is 0 Å². The quantitative estimate of drug-likeness (QED) is 0.818. The number of hydrogen-bond acceptors (Lipinski definition) is 3. The summed E-state index contributed by atoms with van der Waals surface area (Å²) in [5.74, 6) is 1.28. The molecule has 0 aliphatic heterocycles. The van der Waals surface area contributed by atoms with Gasteiger partial charge in [-0.2, -0.15) is 0 Å². The minimum absolute atomic E-state index is 0.0657. The molecule has 3 nitrogen and oxygen atoms in total. The van der Waals surface area contributed by atoms with Crippen molar-refractivity contribution in [2.75, 3.05) is 0 Å². The largest absolute Gasteiger partial charge is 0.508 e. The van der Waals surface area contributed by atoms with Crippen LogP contribution in [0.3, 0.4) is 0 Å². The SMILES string of the molecule is O=c1cc(C2CCCC2)oc2ccc(O)cc12. The molecular weight excluding hydrogens is 216 g/mol. The average molecular weight is 230 g/mol. The molecule has 0 saturated heterocycles. The first-order valence-electron chi connectivity index (χ1n) is 6.01. The van der Waals surface area contributed by atoms with Crippen LogP contribution in [0.1, 0.15) is 37.4 Å². The minimum atomic E-state index is -0.0657. The highest BCUT2D eigenvalue weighted by Gasteiger charge is 2.20. The zero-order valence-corrected chi connectivity index (χ0v) is 9.48. The second-order valence-electron chi connectivity index (χ2n) is 4.67. The fourth-order valence-electron chi connectivity index (χ4n) is 2.57. The molecule has 1 saturated carbocycles. The van der Waals surface area contributed by atoms with E-state index in [1.165, 1.54) is 18.9 Å². The molecule has 1 N–H and O–H groups in total. The normalized spacial score (nSPS) is 16.7. The Balaban J connectivity index is 2.17. The molecule has 1 aliphatic rings. The van der Waals surface area contributed by atoms with Crippen LogP contribution in [0.25, 0.3) is 11.0 Å². The Labute approximate surface area is 98.7 Å². The van der Waals surface area contributed by atoms with E-state index < -0.39 is 0 Å². The summed E-state index contributed by atoms with van der Waals surface area (Å²) in [6, 6.07) is 6.24. The van der Waals surface area contributed by atoms with Gasteiger partial charge in [0.1, 0.15) is 17.1 Å². The molecular formula is C14H14O3. The first-order chi connectivity index (χ1) is 8.24. The van der Waals surface area contributed by atoms with Gasteiger partial charge in [-0.3, -0.25) is 4.79 Å². The Bertz CT molecular complexity index is 606. The molecule has 0 unspecified atom stereocenters. The third-order valence-corrected chi connectivity index (χ3v) is 3.49. The summed E-state index contributed by atoms with van der Waals surface area (Å²) < 4.78 is 5.77. The summed E-state index contributed by atoms with van der Waals surface area (Å²) in [6.07, 6.45) is 4.63. The van der Waals surface area contributed by atoms with Crippen molar-refractivity contribution in [3.63, 3.8) is 0 Å². The van der Waals surface area contributed by atoms with Crippen LogP contribution in [0.4, 0.5) is 0 Å². The number of rotatable bonds is 1. The van der Waals surface area contributed by atoms with E-state index in [9.17, 15) is 9.90 Å². The lowest BCUT2D eigenvalue weighted by molar-refractivity contribution is 0.470. The first kappa shape index (κ1) is 10.4. The second kappa shape index (κ2) is 3.91. The predicted octanol–water partition coefficient (Wildman–Crippen LogP) is 3.16. The van der Waals surface area contributed by atoms with Gasteiger partial charge in [-0.25, -0.2) is 0 Å². The monoisotopic (exact) mass is 230 g/mol. The highest BCUT2D eigenvalue weighted by Crippen LogP contribution is 2.34. The molecule has 0 bridgehead atoms. The van der Waals surface area contributed by atoms with Gasteiger partial charge in [0.2, 0.25) is 0 Å². The third kappa shape index (κ3) is 1.82. The van der Waals surface area contributed by atoms with Crippen LogP contribution in [0.5, 0.6) is 5.75 Å². The van der Waals surface area contributed by atoms with Gasteiger partial charge in [0.25, 0.3) is 0 Å². The van der Waals surface area contributed by atoms with E-state index in [0.717, 1.165) is 18.6 Å². The summed E-state index contributed by atoms with van der Waals surface area (Å²) in [6.45, 7) is 0. The summed E-state index contributed by atoms with van der Waals surface area (Å²) in [5.41, 5.74) is 0.501. The lowest BCUT2D eigenvalue weighted by Gasteiger charge is -2.08. The van der Waals surface area contributed by atoms with Crippen molar-refractivity contribution in [3.05, 3.63) is 40.2 Å². The van der Waals surface area contributed by atoms with E-state index in [2.05, 4.69) is 0 Å². The summed E-state index contributed by atoms with van der Waals surface area (Å²) in [5, 5.41) is 9.81. The van der Waals surface area contributed by atoms with Crippen LogP contribution in [-0.4, -0.2) is 5.11 Å². The zero-order valence-electron chi connectivity index (χ0n) is 9.48. The van der Waals surface area contributed by atoms with Crippen molar-refractivity contribution >= 4 is 11.0 Å². The van der Waals surface area contributed by atoms with Gasteiger partial charge in [0.05, 0.1) is 5.39 Å². The van der Waals surface area contributed by atoms with Crippen molar-refractivity contribution in [1.82, 2.24) is 0 Å². The molecule has 0 spiro atoms. The summed E-state index contributed by atoms with van der Waals surface area (Å²) >= 11 is 0. The maximum atomic E-state index is 11.9. The highest BCUT2D eigenvalue weighted by atomic mass is 16.3. The van der Waals surface area contributed by atoms with E-state index in [1.54, 1.807) is 18.2 Å². The molecule has 0 amide bonds. The Morgan fingerprint density at radius 3 is 2.71 bits per heavy atom. The molecule has 3 rings (SSSR count). The maximum Gasteiger partial charge on any atom is 0.193 e. The van der Waals surface area contributed by atoms with Gasteiger partial charge in [-0.1, -0.05) is 12.8 Å². The van der Waals surface area contributed by atoms with E-state index in [4.69, 9.17) is 4.42 Å². The van der Waals surface area contributed by atoms with Gasteiger partial charge >= 0.3 is 0 Å². The lowest BCUT2D eigenvalue weighted by atomic mass is 10.0. The van der Waals surface area contributed by atoms with Crippen molar-refractivity contribution < 1.29 is 9.52 Å². The molecule has 3 heteroatoms. The number of phenols is 1. The van der Waals surface area contributed by atoms with Gasteiger partial charge in [0.15, 0.2) is 5.43 Å². The smallest absolute Gasteiger partial charge is 0.193 e. The molecule has 1 heterocycles. The molecule has 0 radical (unpaired) electrons. The zero-order chi connectivity index (χ0) is 11.8. The van der Waals surface area contributed by atoms with Crippen LogP contribution in [0.2, 0.25) is 0 Å². The standard InChI is InChI=1S/C14H14O3/c15-10-5-6-13-11(7-10)12(16)8-14(17-13)9-3-1-2-4-9/h5-9,15H,1-4H2. The van der Waals surface area contributed by atoms with Gasteiger partial charge < -0.3 is 9.52 Å². The van der Waals surface area contributed by atoms with Crippen molar-refractivity contribution in [2.24, 2.45) is 0 Å². The number of phenolic OH excluding ortho intramolecular Hbond substituents is 1. The Kier molecular flexibility index (Phi) is 2.39. The maximum absolute atomic E-state index is 11.9. The van der Waals surface area contributed by atoms with Crippen molar-refractivity contribution in [1.29, 1.82) is 0 Å². The van der Waals surface area contributed by atoms with Crippen LogP contribution < -0.4 is 5.43 Å². The summed E-state index contributed by atoms with van der Waals surface area (Å²) in [4.78, 5) is 11.9. The van der Waals surface area contributed by atoms with Crippen LogP contribution >= 0.6 is 0 Å². The van der Waals surface area contributed by atoms with Crippen molar-refractivity contribution in [2.45, 2.75) is 31.6 Å². The van der Waals surface area contributed by atoms with E-state index in [1.807, 2.05) is 0 Å². The van der Waals surface area contributed by atoms with Crippen molar-refractivity contribution in [3.8, 4) is 5.75 Å². The van der Waals surface area contributed by atoms with Crippen LogP contribution in [0.15, 0.2) is 33.5 Å². The third-order valence-electron chi connectivity index (χ3n) is 3.49. The average Bonchev–Trinajstić information content (AvgIpc) is 2.83. The topological polar surface area (TPSA) is 50.4 Å². The molecule has 1 fully saturated rings. The molecule has 88 valence electrons.